The van der Waals surface area contributed by atoms with Gasteiger partial charge in [0, 0.05) is 17.8 Å². The first-order chi connectivity index (χ1) is 10.0. The number of aromatic hydroxyl groups is 1. The lowest BCUT2D eigenvalue weighted by Gasteiger charge is -2.13. The Hall–Kier alpha value is -3.01. The third kappa shape index (κ3) is 3.12. The molecule has 0 aliphatic rings. The van der Waals surface area contributed by atoms with E-state index in [2.05, 4.69) is 10.3 Å². The number of nitriles is 1. The van der Waals surface area contributed by atoms with Gasteiger partial charge in [0.25, 0.3) is 5.91 Å². The van der Waals surface area contributed by atoms with Crippen molar-refractivity contribution in [3.05, 3.63) is 59.4 Å². The maximum Gasteiger partial charge on any atom is 0.275 e. The molecule has 1 amide bonds. The van der Waals surface area contributed by atoms with Gasteiger partial charge in [-0.15, -0.1) is 0 Å². The third-order valence-electron chi connectivity index (χ3n) is 2.68. The monoisotopic (exact) mass is 289 g/mol. The van der Waals surface area contributed by atoms with Crippen LogP contribution in [0.15, 0.2) is 36.5 Å². The number of nitrogens with one attached hydrogen (secondary N) is 1. The van der Waals surface area contributed by atoms with E-state index in [1.165, 1.54) is 18.3 Å². The van der Waals surface area contributed by atoms with Gasteiger partial charge in [0.1, 0.15) is 23.4 Å². The molecule has 1 aromatic carbocycles. The largest absolute Gasteiger partial charge is 0.505 e. The first kappa shape index (κ1) is 14.4. The van der Waals surface area contributed by atoms with Crippen molar-refractivity contribution in [1.82, 2.24) is 10.3 Å². The lowest BCUT2D eigenvalue weighted by Crippen LogP contribution is -2.29. The highest BCUT2D eigenvalue weighted by Crippen LogP contribution is 2.19. The predicted molar refractivity (Wildman–Crippen MR) is 68.1 cm³/mol. The average Bonchev–Trinajstić information content (AvgIpc) is 2.45. The van der Waals surface area contributed by atoms with Crippen LogP contribution in [0.2, 0.25) is 0 Å². The van der Waals surface area contributed by atoms with E-state index in [1.807, 2.05) is 0 Å². The van der Waals surface area contributed by atoms with Crippen LogP contribution in [0.3, 0.4) is 0 Å². The molecule has 1 heterocycles. The van der Waals surface area contributed by atoms with Crippen LogP contribution in [0.1, 0.15) is 22.1 Å². The quantitative estimate of drug-likeness (QED) is 0.905. The predicted octanol–water partition coefficient (Wildman–Crippen LogP) is 2.06. The Balaban J connectivity index is 2.26. The van der Waals surface area contributed by atoms with Crippen molar-refractivity contribution in [2.75, 3.05) is 0 Å². The topological polar surface area (TPSA) is 86.0 Å². The number of aromatic nitrogens is 1. The fraction of sp³-hybridized carbons (Fsp3) is 0.0714. The molecular weight excluding hydrogens is 280 g/mol. The Bertz CT molecular complexity index is 728. The van der Waals surface area contributed by atoms with Gasteiger partial charge in [0.2, 0.25) is 0 Å². The Kier molecular flexibility index (Phi) is 4.09. The lowest BCUT2D eigenvalue weighted by molar-refractivity contribution is 0.0936. The van der Waals surface area contributed by atoms with Gasteiger partial charge in [0.05, 0.1) is 6.07 Å². The molecule has 5 nitrogen and oxygen atoms in total. The van der Waals surface area contributed by atoms with Crippen LogP contribution < -0.4 is 5.32 Å². The number of hydrogen-bond donors (Lipinski definition) is 2. The molecule has 1 atom stereocenters. The van der Waals surface area contributed by atoms with E-state index in [1.54, 1.807) is 6.07 Å². The maximum absolute atomic E-state index is 13.6. The molecule has 0 aliphatic heterocycles. The molecule has 0 fully saturated rings. The normalized spacial score (nSPS) is 11.5. The van der Waals surface area contributed by atoms with Crippen molar-refractivity contribution >= 4 is 5.91 Å². The molecule has 106 valence electrons. The summed E-state index contributed by atoms with van der Waals surface area (Å²) in [4.78, 5) is 15.6. The fourth-order valence-electron chi connectivity index (χ4n) is 1.69. The summed E-state index contributed by atoms with van der Waals surface area (Å²) >= 11 is 0. The van der Waals surface area contributed by atoms with E-state index in [4.69, 9.17) is 5.26 Å². The summed E-state index contributed by atoms with van der Waals surface area (Å²) in [7, 11) is 0. The molecule has 0 bridgehead atoms. The molecule has 21 heavy (non-hydrogen) atoms. The highest BCUT2D eigenvalue weighted by Gasteiger charge is 2.21. The van der Waals surface area contributed by atoms with Crippen molar-refractivity contribution < 1.29 is 18.7 Å². The zero-order chi connectivity index (χ0) is 15.4. The van der Waals surface area contributed by atoms with Gasteiger partial charge in [-0.2, -0.15) is 5.26 Å². The number of hydrogen-bond acceptors (Lipinski definition) is 4. The molecule has 0 unspecified atom stereocenters. The molecule has 1 aromatic heterocycles. The molecule has 2 rings (SSSR count). The highest BCUT2D eigenvalue weighted by atomic mass is 19.1. The van der Waals surface area contributed by atoms with Crippen LogP contribution in [-0.4, -0.2) is 16.0 Å². The zero-order valence-corrected chi connectivity index (χ0v) is 10.5. The smallest absolute Gasteiger partial charge is 0.275 e. The van der Waals surface area contributed by atoms with Crippen molar-refractivity contribution in [2.24, 2.45) is 0 Å². The van der Waals surface area contributed by atoms with Crippen molar-refractivity contribution in [1.29, 1.82) is 5.26 Å². The van der Waals surface area contributed by atoms with Crippen molar-refractivity contribution in [2.45, 2.75) is 6.04 Å². The SMILES string of the molecule is N#C[C@H](NC(=O)c1ncccc1O)c1ccc(F)cc1F. The van der Waals surface area contributed by atoms with Gasteiger partial charge in [-0.05, 0) is 18.2 Å². The van der Waals surface area contributed by atoms with E-state index < -0.39 is 23.6 Å². The Morgan fingerprint density at radius 1 is 1.38 bits per heavy atom. The second-order valence-corrected chi connectivity index (χ2v) is 4.07. The summed E-state index contributed by atoms with van der Waals surface area (Å²) < 4.78 is 26.5. The number of nitrogens with zero attached hydrogens (tertiary/aromatic N) is 2. The van der Waals surface area contributed by atoms with Crippen LogP contribution in [0, 0.1) is 23.0 Å². The minimum atomic E-state index is -1.33. The minimum Gasteiger partial charge on any atom is -0.505 e. The highest BCUT2D eigenvalue weighted by molar-refractivity contribution is 5.95. The van der Waals surface area contributed by atoms with Gasteiger partial charge < -0.3 is 10.4 Å². The number of pyridine rings is 1. The number of amides is 1. The van der Waals surface area contributed by atoms with E-state index in [-0.39, 0.29) is 17.0 Å². The molecular formula is C14H9F2N3O2. The summed E-state index contributed by atoms with van der Waals surface area (Å²) in [5.74, 6) is -2.96. The fourth-order valence-corrected chi connectivity index (χ4v) is 1.69. The number of carbonyl (C=O) groups is 1. The second kappa shape index (κ2) is 5.96. The van der Waals surface area contributed by atoms with Crippen LogP contribution in [-0.2, 0) is 0 Å². The maximum atomic E-state index is 13.6. The van der Waals surface area contributed by atoms with Gasteiger partial charge in [-0.3, -0.25) is 4.79 Å². The molecule has 2 N–H and O–H groups in total. The third-order valence-corrected chi connectivity index (χ3v) is 2.68. The van der Waals surface area contributed by atoms with Crippen LogP contribution in [0.5, 0.6) is 5.75 Å². The Morgan fingerprint density at radius 2 is 2.14 bits per heavy atom. The molecule has 2 aromatic rings. The van der Waals surface area contributed by atoms with Gasteiger partial charge in [0.15, 0.2) is 5.69 Å². The number of halogens is 2. The van der Waals surface area contributed by atoms with Crippen molar-refractivity contribution in [3.63, 3.8) is 0 Å². The Morgan fingerprint density at radius 3 is 2.76 bits per heavy atom. The number of rotatable bonds is 3. The first-order valence-electron chi connectivity index (χ1n) is 5.82. The summed E-state index contributed by atoms with van der Waals surface area (Å²) in [6.45, 7) is 0. The van der Waals surface area contributed by atoms with E-state index in [0.717, 1.165) is 12.1 Å². The molecule has 0 saturated heterocycles. The molecule has 7 heteroatoms. The number of benzene rings is 1. The molecule has 0 spiro atoms. The summed E-state index contributed by atoms with van der Waals surface area (Å²) in [6, 6.07) is 5.70. The molecule has 0 aliphatic carbocycles. The second-order valence-electron chi connectivity index (χ2n) is 4.07. The molecule has 0 saturated carbocycles. The summed E-state index contributed by atoms with van der Waals surface area (Å²) in [5.41, 5.74) is -0.469. The van der Waals surface area contributed by atoms with E-state index in [9.17, 15) is 18.7 Å². The van der Waals surface area contributed by atoms with Crippen LogP contribution in [0.25, 0.3) is 0 Å². The van der Waals surface area contributed by atoms with Gasteiger partial charge in [-0.1, -0.05) is 6.07 Å². The van der Waals surface area contributed by atoms with Crippen LogP contribution >= 0.6 is 0 Å². The summed E-state index contributed by atoms with van der Waals surface area (Å²) in [6.07, 6.45) is 1.29. The lowest BCUT2D eigenvalue weighted by atomic mass is 10.1. The van der Waals surface area contributed by atoms with E-state index >= 15 is 0 Å². The van der Waals surface area contributed by atoms with Crippen molar-refractivity contribution in [3.8, 4) is 11.8 Å². The zero-order valence-electron chi connectivity index (χ0n) is 10.5. The van der Waals surface area contributed by atoms with E-state index in [0.29, 0.717) is 6.07 Å². The van der Waals surface area contributed by atoms with Crippen LogP contribution in [0.4, 0.5) is 8.78 Å². The van der Waals surface area contributed by atoms with Gasteiger partial charge in [-0.25, -0.2) is 13.8 Å². The molecule has 0 radical (unpaired) electrons. The minimum absolute atomic E-state index is 0.178. The number of carbonyl (C=O) groups excluding carboxylic acids is 1. The van der Waals surface area contributed by atoms with Gasteiger partial charge >= 0.3 is 0 Å². The average molecular weight is 289 g/mol. The summed E-state index contributed by atoms with van der Waals surface area (Å²) in [5, 5.41) is 20.7. The first-order valence-corrected chi connectivity index (χ1v) is 5.82. The Labute approximate surface area is 118 Å². The standard InChI is InChI=1S/C14H9F2N3O2/c15-8-3-4-9(10(16)6-8)11(7-17)19-14(21)13-12(20)2-1-5-18-13/h1-6,11,20H,(H,19,21)/t11-/m0/s1.